The van der Waals surface area contributed by atoms with Crippen LogP contribution >= 0.6 is 11.8 Å². The van der Waals surface area contributed by atoms with E-state index in [-0.39, 0.29) is 10.8 Å². The monoisotopic (exact) mass is 656 g/mol. The van der Waals surface area contributed by atoms with Crippen LogP contribution in [0.1, 0.15) is 97.6 Å². The largest absolute Gasteiger partial charge is 0.399 e. The summed E-state index contributed by atoms with van der Waals surface area (Å²) in [5, 5.41) is 0. The number of anilines is 2. The number of rotatable bonds is 11. The molecule has 4 heteroatoms. The Kier molecular flexibility index (Phi) is 10.2. The molecule has 0 saturated carbocycles. The van der Waals surface area contributed by atoms with Gasteiger partial charge in [0.05, 0.1) is 5.41 Å². The molecule has 3 aromatic rings. The van der Waals surface area contributed by atoms with Crippen LogP contribution in [0.5, 0.6) is 0 Å². The number of para-hydroxylation sites is 2. The topological polar surface area (TPSA) is 32.3 Å². The summed E-state index contributed by atoms with van der Waals surface area (Å²) >= 11 is 1.90. The molecule has 6 rings (SSSR count). The van der Waals surface area contributed by atoms with Gasteiger partial charge in [0.15, 0.2) is 5.71 Å². The van der Waals surface area contributed by atoms with E-state index in [4.69, 9.17) is 5.73 Å². The lowest BCUT2D eigenvalue weighted by molar-refractivity contribution is -0.438. The second-order valence-corrected chi connectivity index (χ2v) is 15.7. The number of thioether (sulfide) groups is 1. The van der Waals surface area contributed by atoms with Crippen LogP contribution < -0.4 is 10.6 Å². The molecule has 0 spiro atoms. The van der Waals surface area contributed by atoms with Crippen molar-refractivity contribution in [1.82, 2.24) is 0 Å². The van der Waals surface area contributed by atoms with E-state index in [1.54, 1.807) is 0 Å². The van der Waals surface area contributed by atoms with Crippen molar-refractivity contribution in [2.45, 2.75) is 102 Å². The van der Waals surface area contributed by atoms with Gasteiger partial charge in [-0.05, 0) is 92.6 Å². The predicted octanol–water partition coefficient (Wildman–Crippen LogP) is 11.6. The molecule has 0 bridgehead atoms. The molecule has 0 radical (unpaired) electrons. The van der Waals surface area contributed by atoms with Crippen LogP contribution in [0.3, 0.4) is 0 Å². The molecule has 3 nitrogen and oxygen atoms in total. The number of hydrogen-bond acceptors (Lipinski definition) is 3. The zero-order valence-electron chi connectivity index (χ0n) is 30.0. The molecule has 0 saturated heterocycles. The molecule has 0 fully saturated rings. The van der Waals surface area contributed by atoms with Gasteiger partial charge in [-0.1, -0.05) is 101 Å². The number of nitrogens with zero attached hydrogens (tertiary/aromatic N) is 2. The quantitative estimate of drug-likeness (QED) is 0.165. The van der Waals surface area contributed by atoms with E-state index in [2.05, 4.69) is 136 Å². The fraction of sp³-hybridized carbons (Fsp3) is 0.386. The van der Waals surface area contributed by atoms with Gasteiger partial charge in [-0.15, -0.1) is 0 Å². The molecular weight excluding hydrogens is 603 g/mol. The van der Waals surface area contributed by atoms with Gasteiger partial charge in [0, 0.05) is 63.0 Å². The van der Waals surface area contributed by atoms with Gasteiger partial charge in [0.1, 0.15) is 6.54 Å². The zero-order valence-corrected chi connectivity index (χ0v) is 30.8. The smallest absolute Gasteiger partial charge is 0.209 e. The number of hydrogen-bond donors (Lipinski definition) is 1. The van der Waals surface area contributed by atoms with E-state index in [9.17, 15) is 0 Å². The van der Waals surface area contributed by atoms with Crippen molar-refractivity contribution in [2.24, 2.45) is 0 Å². The standard InChI is InChI=1S/C44H54N3S/c1-7-9-30-46-38-20-13-11-18-36(38)43(3,4)40(46)28-22-32-16-15-17-33(42(32)48-35-26-24-34(45)25-27-35)23-29-41-44(5,6)37-19-12-14-21-39(37)47(41)31-10-8-2/h11-14,18-29H,7-10,15-17,30-31,45H2,1-6H3/q+1. The fourth-order valence-corrected chi connectivity index (χ4v) is 8.87. The first-order valence-corrected chi connectivity index (χ1v) is 19.0. The SMILES string of the molecule is CCCCN1/C(=C/C=C2\CCCC(/C=C/C3=[N+](CCCC)c4ccccc4C3(C)C)=C2Sc2ccc(N)cc2)C(C)(C)c2ccccc21. The Labute approximate surface area is 294 Å². The van der Waals surface area contributed by atoms with Crippen molar-refractivity contribution in [3.05, 3.63) is 130 Å². The number of benzene rings is 3. The van der Waals surface area contributed by atoms with E-state index in [1.165, 1.54) is 80.5 Å². The highest BCUT2D eigenvalue weighted by atomic mass is 32.2. The van der Waals surface area contributed by atoms with Crippen molar-refractivity contribution in [3.8, 4) is 0 Å². The summed E-state index contributed by atoms with van der Waals surface area (Å²) in [7, 11) is 0. The Morgan fingerprint density at radius 1 is 0.792 bits per heavy atom. The van der Waals surface area contributed by atoms with Gasteiger partial charge in [-0.25, -0.2) is 0 Å². The molecular formula is C44H54N3S+. The summed E-state index contributed by atoms with van der Waals surface area (Å²) in [5.74, 6) is 0. The summed E-state index contributed by atoms with van der Waals surface area (Å²) in [6, 6.07) is 26.4. The molecule has 48 heavy (non-hydrogen) atoms. The average molecular weight is 657 g/mol. The zero-order chi connectivity index (χ0) is 33.9. The van der Waals surface area contributed by atoms with Crippen molar-refractivity contribution < 1.29 is 4.58 Å². The van der Waals surface area contributed by atoms with E-state index in [1.807, 2.05) is 23.9 Å². The number of nitrogens with two attached hydrogens (primary N) is 1. The Balaban J connectivity index is 1.44. The third kappa shape index (κ3) is 6.61. The molecule has 1 aliphatic carbocycles. The van der Waals surface area contributed by atoms with Crippen LogP contribution in [0.2, 0.25) is 0 Å². The minimum absolute atomic E-state index is 0.0472. The first kappa shape index (κ1) is 34.1. The molecule has 250 valence electrons. The fourth-order valence-electron chi connectivity index (χ4n) is 7.76. The Hall–Kier alpha value is -3.76. The first-order chi connectivity index (χ1) is 23.2. The number of allylic oxidation sites excluding steroid dienone is 7. The molecule has 0 unspecified atom stereocenters. The predicted molar refractivity (Wildman–Crippen MR) is 209 cm³/mol. The molecule has 3 aliphatic rings. The molecule has 3 aromatic carbocycles. The summed E-state index contributed by atoms with van der Waals surface area (Å²) in [4.78, 5) is 5.20. The maximum Gasteiger partial charge on any atom is 0.209 e. The summed E-state index contributed by atoms with van der Waals surface area (Å²) in [5.41, 5.74) is 18.1. The lowest BCUT2D eigenvalue weighted by Gasteiger charge is -2.27. The molecule has 2 aliphatic heterocycles. The van der Waals surface area contributed by atoms with E-state index in [0.29, 0.717) is 0 Å². The van der Waals surface area contributed by atoms with Crippen LogP contribution in [-0.2, 0) is 10.8 Å². The van der Waals surface area contributed by atoms with E-state index in [0.717, 1.165) is 38.0 Å². The summed E-state index contributed by atoms with van der Waals surface area (Å²) in [6.07, 6.45) is 17.8. The van der Waals surface area contributed by atoms with Gasteiger partial charge in [0.25, 0.3) is 0 Å². The summed E-state index contributed by atoms with van der Waals surface area (Å²) in [6.45, 7) is 16.2. The van der Waals surface area contributed by atoms with Crippen molar-refractivity contribution in [3.63, 3.8) is 0 Å². The molecule has 2 heterocycles. The van der Waals surface area contributed by atoms with Gasteiger partial charge in [-0.3, -0.25) is 0 Å². The molecule has 0 aromatic heterocycles. The van der Waals surface area contributed by atoms with Crippen LogP contribution in [0.25, 0.3) is 0 Å². The van der Waals surface area contributed by atoms with E-state index < -0.39 is 0 Å². The Bertz CT molecular complexity index is 1800. The lowest BCUT2D eigenvalue weighted by Crippen LogP contribution is -2.28. The molecule has 0 amide bonds. The van der Waals surface area contributed by atoms with Crippen LogP contribution in [-0.4, -0.2) is 23.4 Å². The van der Waals surface area contributed by atoms with Gasteiger partial charge in [-0.2, -0.15) is 4.58 Å². The minimum Gasteiger partial charge on any atom is -0.399 e. The van der Waals surface area contributed by atoms with Crippen LogP contribution in [0.15, 0.2) is 124 Å². The van der Waals surface area contributed by atoms with E-state index >= 15 is 0 Å². The van der Waals surface area contributed by atoms with Crippen molar-refractivity contribution >= 4 is 34.5 Å². The Morgan fingerprint density at radius 3 is 2.25 bits per heavy atom. The molecule has 0 atom stereocenters. The van der Waals surface area contributed by atoms with Gasteiger partial charge >= 0.3 is 0 Å². The third-order valence-corrected chi connectivity index (χ3v) is 11.8. The number of fused-ring (bicyclic) bond motifs is 2. The highest BCUT2D eigenvalue weighted by Gasteiger charge is 2.44. The number of unbranched alkanes of at least 4 members (excludes halogenated alkanes) is 2. The third-order valence-electron chi connectivity index (χ3n) is 10.5. The van der Waals surface area contributed by atoms with Crippen molar-refractivity contribution in [1.29, 1.82) is 0 Å². The maximum absolute atomic E-state index is 6.10. The maximum atomic E-state index is 6.10. The van der Waals surface area contributed by atoms with Crippen molar-refractivity contribution in [2.75, 3.05) is 23.7 Å². The molecule has 2 N–H and O–H groups in total. The Morgan fingerprint density at radius 2 is 1.50 bits per heavy atom. The lowest BCUT2D eigenvalue weighted by atomic mass is 9.81. The normalized spacial score (nSPS) is 20.0. The second-order valence-electron chi connectivity index (χ2n) is 14.6. The highest BCUT2D eigenvalue weighted by Crippen LogP contribution is 2.49. The summed E-state index contributed by atoms with van der Waals surface area (Å²) < 4.78 is 2.58. The van der Waals surface area contributed by atoms with Gasteiger partial charge in [0.2, 0.25) is 5.69 Å². The number of nitrogen functional groups attached to an aromatic ring is 1. The highest BCUT2D eigenvalue weighted by molar-refractivity contribution is 8.03. The minimum atomic E-state index is -0.0472. The first-order valence-electron chi connectivity index (χ1n) is 18.1. The van der Waals surface area contributed by atoms with Gasteiger partial charge < -0.3 is 10.6 Å². The van der Waals surface area contributed by atoms with Crippen LogP contribution in [0, 0.1) is 0 Å². The average Bonchev–Trinajstić information content (AvgIpc) is 3.44. The second kappa shape index (κ2) is 14.4. The van der Waals surface area contributed by atoms with Crippen LogP contribution in [0.4, 0.5) is 17.1 Å².